The van der Waals surface area contributed by atoms with Crippen LogP contribution >= 0.6 is 0 Å². The summed E-state index contributed by atoms with van der Waals surface area (Å²) in [5, 5.41) is 0.917. The third kappa shape index (κ3) is 1.24. The van der Waals surface area contributed by atoms with Gasteiger partial charge in [-0.2, -0.15) is 0 Å². The first-order chi connectivity index (χ1) is 7.79. The van der Waals surface area contributed by atoms with E-state index < -0.39 is 0 Å². The molecule has 1 aliphatic rings. The number of carbonyl (C=O) groups excluding carboxylic acids is 1. The number of hydrogen-bond acceptors (Lipinski definition) is 3. The summed E-state index contributed by atoms with van der Waals surface area (Å²) < 4.78 is 10.8. The van der Waals surface area contributed by atoms with Crippen LogP contribution in [0.15, 0.2) is 22.6 Å². The minimum atomic E-state index is 0.199. The van der Waals surface area contributed by atoms with Crippen LogP contribution in [0.2, 0.25) is 0 Å². The lowest BCUT2D eigenvalue weighted by molar-refractivity contribution is 0.0971. The second-order valence-electron chi connectivity index (χ2n) is 4.04. The monoisotopic (exact) mass is 216 g/mol. The number of rotatable bonds is 1. The van der Waals surface area contributed by atoms with Gasteiger partial charge >= 0.3 is 0 Å². The Bertz CT molecular complexity index is 566. The molecule has 0 spiro atoms. The van der Waals surface area contributed by atoms with Gasteiger partial charge in [0.2, 0.25) is 0 Å². The van der Waals surface area contributed by atoms with Gasteiger partial charge in [-0.05, 0) is 18.6 Å². The predicted molar refractivity (Wildman–Crippen MR) is 60.0 cm³/mol. The second-order valence-corrected chi connectivity index (χ2v) is 4.04. The van der Waals surface area contributed by atoms with Crippen molar-refractivity contribution in [3.63, 3.8) is 0 Å². The van der Waals surface area contributed by atoms with E-state index in [0.717, 1.165) is 40.9 Å². The molecule has 3 heteroatoms. The quantitative estimate of drug-likeness (QED) is 0.735. The fourth-order valence-corrected chi connectivity index (χ4v) is 2.27. The molecular weight excluding hydrogens is 204 g/mol. The maximum absolute atomic E-state index is 11.8. The van der Waals surface area contributed by atoms with Gasteiger partial charge in [0.1, 0.15) is 17.1 Å². The number of benzene rings is 1. The van der Waals surface area contributed by atoms with Crippen LogP contribution in [0.1, 0.15) is 29.0 Å². The Morgan fingerprint density at radius 3 is 3.00 bits per heavy atom. The number of fused-ring (bicyclic) bond motifs is 3. The minimum Gasteiger partial charge on any atom is -0.497 e. The zero-order valence-corrected chi connectivity index (χ0v) is 9.08. The summed E-state index contributed by atoms with van der Waals surface area (Å²) in [5.41, 5.74) is 1.53. The molecule has 0 N–H and O–H groups in total. The Morgan fingerprint density at radius 2 is 2.19 bits per heavy atom. The van der Waals surface area contributed by atoms with Crippen molar-refractivity contribution in [1.29, 1.82) is 0 Å². The number of aryl methyl sites for hydroxylation is 1. The van der Waals surface area contributed by atoms with E-state index in [-0.39, 0.29) is 5.78 Å². The standard InChI is InChI=1S/C13H12O3/c1-15-8-5-6-9-12(7-8)16-11-4-2-3-10(14)13(9)11/h5-7H,2-4H2,1H3. The summed E-state index contributed by atoms with van der Waals surface area (Å²) in [7, 11) is 1.62. The van der Waals surface area contributed by atoms with Crippen molar-refractivity contribution in [1.82, 2.24) is 0 Å². The third-order valence-electron chi connectivity index (χ3n) is 3.06. The first-order valence-electron chi connectivity index (χ1n) is 5.42. The van der Waals surface area contributed by atoms with E-state index in [0.29, 0.717) is 6.42 Å². The highest BCUT2D eigenvalue weighted by Crippen LogP contribution is 2.33. The molecule has 0 aliphatic heterocycles. The van der Waals surface area contributed by atoms with Gasteiger partial charge in [-0.3, -0.25) is 4.79 Å². The van der Waals surface area contributed by atoms with Crippen LogP contribution in [0.25, 0.3) is 11.0 Å². The Hall–Kier alpha value is -1.77. The molecule has 1 aliphatic carbocycles. The summed E-state index contributed by atoms with van der Waals surface area (Å²) in [4.78, 5) is 11.8. The number of methoxy groups -OCH3 is 1. The van der Waals surface area contributed by atoms with Gasteiger partial charge < -0.3 is 9.15 Å². The fourth-order valence-electron chi connectivity index (χ4n) is 2.27. The lowest BCUT2D eigenvalue weighted by atomic mass is 9.95. The molecule has 3 nitrogen and oxygen atoms in total. The molecule has 0 unspecified atom stereocenters. The molecule has 1 aromatic carbocycles. The van der Waals surface area contributed by atoms with Crippen molar-refractivity contribution in [2.45, 2.75) is 19.3 Å². The van der Waals surface area contributed by atoms with E-state index in [9.17, 15) is 4.79 Å². The van der Waals surface area contributed by atoms with Crippen LogP contribution < -0.4 is 4.74 Å². The SMILES string of the molecule is COc1ccc2c3c(oc2c1)CCCC3=O. The van der Waals surface area contributed by atoms with Crippen molar-refractivity contribution in [3.8, 4) is 5.75 Å². The molecule has 16 heavy (non-hydrogen) atoms. The van der Waals surface area contributed by atoms with E-state index in [1.165, 1.54) is 0 Å². The molecule has 2 aromatic rings. The number of ketones is 1. The van der Waals surface area contributed by atoms with E-state index >= 15 is 0 Å². The summed E-state index contributed by atoms with van der Waals surface area (Å²) in [6.07, 6.45) is 2.38. The topological polar surface area (TPSA) is 39.4 Å². The molecule has 1 aromatic heterocycles. The van der Waals surface area contributed by atoms with E-state index in [1.54, 1.807) is 7.11 Å². The van der Waals surface area contributed by atoms with Gasteiger partial charge in [-0.15, -0.1) is 0 Å². The highest BCUT2D eigenvalue weighted by molar-refractivity contribution is 6.09. The first-order valence-corrected chi connectivity index (χ1v) is 5.42. The highest BCUT2D eigenvalue weighted by atomic mass is 16.5. The average molecular weight is 216 g/mol. The van der Waals surface area contributed by atoms with Gasteiger partial charge in [-0.25, -0.2) is 0 Å². The van der Waals surface area contributed by atoms with Crippen LogP contribution in [0.3, 0.4) is 0 Å². The minimum absolute atomic E-state index is 0.199. The Kier molecular flexibility index (Phi) is 1.99. The summed E-state index contributed by atoms with van der Waals surface area (Å²) in [6, 6.07) is 5.60. The third-order valence-corrected chi connectivity index (χ3v) is 3.06. The van der Waals surface area contributed by atoms with Gasteiger partial charge in [-0.1, -0.05) is 0 Å². The normalized spacial score (nSPS) is 15.2. The summed E-state index contributed by atoms with van der Waals surface area (Å²) in [5.74, 6) is 1.79. The van der Waals surface area contributed by atoms with Gasteiger partial charge in [0.15, 0.2) is 5.78 Å². The lowest BCUT2D eigenvalue weighted by Crippen LogP contribution is -2.07. The molecule has 82 valence electrons. The van der Waals surface area contributed by atoms with Crippen molar-refractivity contribution >= 4 is 16.8 Å². The maximum Gasteiger partial charge on any atom is 0.167 e. The number of Topliss-reactive ketones (excluding diaryl/α,β-unsaturated/α-hetero) is 1. The largest absolute Gasteiger partial charge is 0.497 e. The van der Waals surface area contributed by atoms with Crippen molar-refractivity contribution < 1.29 is 13.9 Å². The summed E-state index contributed by atoms with van der Waals surface area (Å²) >= 11 is 0. The second kappa shape index (κ2) is 3.37. The number of ether oxygens (including phenoxy) is 1. The number of carbonyl (C=O) groups is 1. The number of furan rings is 1. The van der Waals surface area contributed by atoms with Gasteiger partial charge in [0.25, 0.3) is 0 Å². The van der Waals surface area contributed by atoms with E-state index in [2.05, 4.69) is 0 Å². The van der Waals surface area contributed by atoms with Gasteiger partial charge in [0.05, 0.1) is 12.7 Å². The molecular formula is C13H12O3. The first kappa shape index (κ1) is 9.46. The Balaban J connectivity index is 2.28. The van der Waals surface area contributed by atoms with Crippen LogP contribution in [-0.4, -0.2) is 12.9 Å². The molecule has 0 radical (unpaired) electrons. The summed E-state index contributed by atoms with van der Waals surface area (Å²) in [6.45, 7) is 0. The Labute approximate surface area is 93.0 Å². The van der Waals surface area contributed by atoms with E-state index in [1.807, 2.05) is 18.2 Å². The van der Waals surface area contributed by atoms with Crippen LogP contribution in [0.5, 0.6) is 5.75 Å². The zero-order valence-electron chi connectivity index (χ0n) is 9.08. The average Bonchev–Trinajstić information content (AvgIpc) is 2.67. The Morgan fingerprint density at radius 1 is 1.31 bits per heavy atom. The number of hydrogen-bond donors (Lipinski definition) is 0. The predicted octanol–water partition coefficient (Wildman–Crippen LogP) is 2.96. The van der Waals surface area contributed by atoms with Crippen LogP contribution in [0.4, 0.5) is 0 Å². The van der Waals surface area contributed by atoms with Crippen LogP contribution in [0, 0.1) is 0 Å². The van der Waals surface area contributed by atoms with Gasteiger partial charge in [0, 0.05) is 24.3 Å². The molecule has 0 saturated heterocycles. The molecule has 0 fully saturated rings. The van der Waals surface area contributed by atoms with Crippen molar-refractivity contribution in [2.75, 3.05) is 7.11 Å². The highest BCUT2D eigenvalue weighted by Gasteiger charge is 2.24. The zero-order chi connectivity index (χ0) is 11.1. The molecule has 1 heterocycles. The molecule has 0 amide bonds. The van der Waals surface area contributed by atoms with E-state index in [4.69, 9.17) is 9.15 Å². The fraction of sp³-hybridized carbons (Fsp3) is 0.308. The molecule has 0 atom stereocenters. The van der Waals surface area contributed by atoms with Crippen molar-refractivity contribution in [3.05, 3.63) is 29.5 Å². The smallest absolute Gasteiger partial charge is 0.167 e. The van der Waals surface area contributed by atoms with Crippen molar-refractivity contribution in [2.24, 2.45) is 0 Å². The van der Waals surface area contributed by atoms with Crippen LogP contribution in [-0.2, 0) is 6.42 Å². The lowest BCUT2D eigenvalue weighted by Gasteiger charge is -2.07. The molecule has 0 bridgehead atoms. The molecule has 3 rings (SSSR count). The maximum atomic E-state index is 11.8. The molecule has 0 saturated carbocycles.